The summed E-state index contributed by atoms with van der Waals surface area (Å²) in [6.45, 7) is 3.76. The lowest BCUT2D eigenvalue weighted by atomic mass is 10.0. The van der Waals surface area contributed by atoms with Crippen LogP contribution in [0.1, 0.15) is 123 Å². The summed E-state index contributed by atoms with van der Waals surface area (Å²) < 4.78 is 0. The van der Waals surface area contributed by atoms with Crippen LogP contribution < -0.4 is 0 Å². The number of ketones is 3. The van der Waals surface area contributed by atoms with Gasteiger partial charge in [-0.2, -0.15) is 0 Å². The predicted octanol–water partition coefficient (Wildman–Crippen LogP) is 6.92. The van der Waals surface area contributed by atoms with Gasteiger partial charge in [-0.25, -0.2) is 0 Å². The molecule has 0 amide bonds. The van der Waals surface area contributed by atoms with E-state index in [0.29, 0.717) is 18.6 Å². The van der Waals surface area contributed by atoms with Gasteiger partial charge in [0.15, 0.2) is 5.78 Å². The Labute approximate surface area is 167 Å². The number of carbonyl (C=O) groups is 3. The van der Waals surface area contributed by atoms with E-state index in [9.17, 15) is 14.4 Å². The minimum Gasteiger partial charge on any atom is -0.300 e. The van der Waals surface area contributed by atoms with Crippen molar-refractivity contribution < 1.29 is 14.4 Å². The van der Waals surface area contributed by atoms with E-state index in [1.165, 1.54) is 12.8 Å². The molecule has 0 fully saturated rings. The van der Waals surface area contributed by atoms with Crippen LogP contribution in [0.5, 0.6) is 0 Å². The third-order valence-electron chi connectivity index (χ3n) is 4.89. The molecule has 0 saturated heterocycles. The molecule has 0 aliphatic heterocycles. The molecular weight excluding hydrogens is 336 g/mol. The summed E-state index contributed by atoms with van der Waals surface area (Å²) >= 11 is 0. The van der Waals surface area contributed by atoms with Gasteiger partial charge in [0.2, 0.25) is 0 Å². The van der Waals surface area contributed by atoms with E-state index in [-0.39, 0.29) is 11.6 Å². The monoisotopic (exact) mass is 378 g/mol. The largest absolute Gasteiger partial charge is 0.300 e. The van der Waals surface area contributed by atoms with Crippen molar-refractivity contribution in [3.8, 4) is 0 Å². The topological polar surface area (TPSA) is 51.2 Å². The van der Waals surface area contributed by atoms with Crippen LogP contribution in [-0.2, 0) is 14.4 Å². The lowest BCUT2D eigenvalue weighted by molar-refractivity contribution is -0.119. The van der Waals surface area contributed by atoms with E-state index < -0.39 is 0 Å². The summed E-state index contributed by atoms with van der Waals surface area (Å²) in [7, 11) is 0. The first-order valence-electron chi connectivity index (χ1n) is 11.3. The normalized spacial score (nSPS) is 11.2. The Balaban J connectivity index is 3.36. The molecule has 0 bridgehead atoms. The molecule has 0 radical (unpaired) electrons. The second-order valence-electron chi connectivity index (χ2n) is 7.79. The highest BCUT2D eigenvalue weighted by molar-refractivity contribution is 5.89. The summed E-state index contributed by atoms with van der Waals surface area (Å²) in [6.07, 6.45) is 20.7. The maximum absolute atomic E-state index is 11.8. The lowest BCUT2D eigenvalue weighted by Gasteiger charge is -2.01. The average molecular weight is 379 g/mol. The Bertz CT molecular complexity index is 423. The van der Waals surface area contributed by atoms with Gasteiger partial charge in [0.25, 0.3) is 0 Å². The quantitative estimate of drug-likeness (QED) is 0.171. The Hall–Kier alpha value is -1.25. The van der Waals surface area contributed by atoms with Crippen molar-refractivity contribution in [2.45, 2.75) is 123 Å². The van der Waals surface area contributed by atoms with Gasteiger partial charge in [0, 0.05) is 25.7 Å². The Morgan fingerprint density at radius 2 is 1.15 bits per heavy atom. The highest BCUT2D eigenvalue weighted by Gasteiger charge is 2.01. The van der Waals surface area contributed by atoms with Gasteiger partial charge in [0.1, 0.15) is 11.6 Å². The summed E-state index contributed by atoms with van der Waals surface area (Å²) in [5.74, 6) is 0.937. The molecule has 0 saturated carbocycles. The second kappa shape index (κ2) is 19.5. The molecule has 0 rings (SSSR count). The van der Waals surface area contributed by atoms with E-state index in [4.69, 9.17) is 0 Å². The van der Waals surface area contributed by atoms with E-state index in [2.05, 4.69) is 6.92 Å². The van der Waals surface area contributed by atoms with E-state index in [1.54, 1.807) is 13.0 Å². The molecular formula is C24H42O3. The van der Waals surface area contributed by atoms with Crippen molar-refractivity contribution in [3.63, 3.8) is 0 Å². The first kappa shape index (κ1) is 25.8. The Morgan fingerprint density at radius 3 is 1.78 bits per heavy atom. The number of unbranched alkanes of at least 4 members (excludes halogenated alkanes) is 10. The smallest absolute Gasteiger partial charge is 0.155 e. The highest BCUT2D eigenvalue weighted by Crippen LogP contribution is 2.11. The van der Waals surface area contributed by atoms with Crippen molar-refractivity contribution in [3.05, 3.63) is 12.2 Å². The van der Waals surface area contributed by atoms with Crippen LogP contribution in [0.3, 0.4) is 0 Å². The second-order valence-corrected chi connectivity index (χ2v) is 7.79. The molecule has 3 heteroatoms. The third kappa shape index (κ3) is 20.9. The number of hydrogen-bond donors (Lipinski definition) is 0. The lowest BCUT2D eigenvalue weighted by Crippen LogP contribution is -1.96. The maximum Gasteiger partial charge on any atom is 0.155 e. The van der Waals surface area contributed by atoms with Crippen molar-refractivity contribution >= 4 is 17.3 Å². The molecule has 0 N–H and O–H groups in total. The summed E-state index contributed by atoms with van der Waals surface area (Å²) in [4.78, 5) is 34.1. The van der Waals surface area contributed by atoms with Gasteiger partial charge in [-0.05, 0) is 51.5 Å². The molecule has 0 spiro atoms. The SMILES string of the molecule is CCCCC(=O)CCCCCCC/C=C/C(=O)CCCCCCCC(C)=O. The van der Waals surface area contributed by atoms with Crippen molar-refractivity contribution in [2.24, 2.45) is 0 Å². The molecule has 0 atom stereocenters. The Morgan fingerprint density at radius 1 is 0.630 bits per heavy atom. The van der Waals surface area contributed by atoms with Gasteiger partial charge in [-0.15, -0.1) is 0 Å². The average Bonchev–Trinajstić information content (AvgIpc) is 2.63. The minimum atomic E-state index is 0.240. The molecule has 0 aromatic rings. The molecule has 0 heterocycles. The zero-order valence-corrected chi connectivity index (χ0v) is 17.9. The first-order chi connectivity index (χ1) is 13.1. The molecule has 0 aliphatic carbocycles. The molecule has 27 heavy (non-hydrogen) atoms. The third-order valence-corrected chi connectivity index (χ3v) is 4.89. The van der Waals surface area contributed by atoms with Gasteiger partial charge < -0.3 is 4.79 Å². The van der Waals surface area contributed by atoms with Crippen molar-refractivity contribution in [1.82, 2.24) is 0 Å². The summed E-state index contributed by atoms with van der Waals surface area (Å²) in [5, 5.41) is 0. The fraction of sp³-hybridized carbons (Fsp3) is 0.792. The molecule has 0 aromatic heterocycles. The highest BCUT2D eigenvalue weighted by atomic mass is 16.1. The fourth-order valence-corrected chi connectivity index (χ4v) is 3.12. The summed E-state index contributed by atoms with van der Waals surface area (Å²) in [6, 6.07) is 0. The van der Waals surface area contributed by atoms with Gasteiger partial charge in [-0.3, -0.25) is 9.59 Å². The van der Waals surface area contributed by atoms with Crippen molar-refractivity contribution in [1.29, 1.82) is 0 Å². The van der Waals surface area contributed by atoms with Crippen LogP contribution in [0, 0.1) is 0 Å². The van der Waals surface area contributed by atoms with Crippen LogP contribution in [-0.4, -0.2) is 17.3 Å². The predicted molar refractivity (Wildman–Crippen MR) is 114 cm³/mol. The van der Waals surface area contributed by atoms with Gasteiger partial charge in [0.05, 0.1) is 0 Å². The van der Waals surface area contributed by atoms with E-state index >= 15 is 0 Å². The molecule has 0 aliphatic rings. The van der Waals surface area contributed by atoms with E-state index in [1.807, 2.05) is 6.08 Å². The number of rotatable bonds is 20. The Kier molecular flexibility index (Phi) is 18.6. The number of allylic oxidation sites excluding steroid dienone is 2. The van der Waals surface area contributed by atoms with Crippen LogP contribution in [0.25, 0.3) is 0 Å². The number of carbonyl (C=O) groups excluding carboxylic acids is 3. The zero-order valence-electron chi connectivity index (χ0n) is 17.9. The molecule has 0 unspecified atom stereocenters. The molecule has 156 valence electrons. The first-order valence-corrected chi connectivity index (χ1v) is 11.3. The number of Topliss-reactive ketones (excluding diaryl/α,β-unsaturated/α-hetero) is 2. The maximum atomic E-state index is 11.8. The van der Waals surface area contributed by atoms with Gasteiger partial charge in [-0.1, -0.05) is 57.9 Å². The molecule has 0 aromatic carbocycles. The minimum absolute atomic E-state index is 0.240. The van der Waals surface area contributed by atoms with Crippen molar-refractivity contribution in [2.75, 3.05) is 0 Å². The van der Waals surface area contributed by atoms with Crippen LogP contribution >= 0.6 is 0 Å². The van der Waals surface area contributed by atoms with Crippen LogP contribution in [0.4, 0.5) is 0 Å². The van der Waals surface area contributed by atoms with Crippen LogP contribution in [0.15, 0.2) is 12.2 Å². The number of hydrogen-bond acceptors (Lipinski definition) is 3. The zero-order chi connectivity index (χ0) is 20.2. The molecule has 3 nitrogen and oxygen atoms in total. The summed E-state index contributed by atoms with van der Waals surface area (Å²) in [5.41, 5.74) is 0. The van der Waals surface area contributed by atoms with Crippen LogP contribution in [0.2, 0.25) is 0 Å². The fourth-order valence-electron chi connectivity index (χ4n) is 3.12. The van der Waals surface area contributed by atoms with E-state index in [0.717, 1.165) is 83.5 Å². The van der Waals surface area contributed by atoms with Gasteiger partial charge >= 0.3 is 0 Å². The standard InChI is InChI=1S/C24H42O3/c1-3-4-18-23(26)19-14-10-6-5-7-11-15-20-24(27)21-16-12-8-9-13-17-22(2)25/h15,20H,3-14,16-19,21H2,1-2H3/b20-15+.